The Morgan fingerprint density at radius 2 is 1.46 bits per heavy atom. The van der Waals surface area contributed by atoms with E-state index in [1.807, 2.05) is 4.90 Å². The standard InChI is InChI=1S/C11H22N2/c12-10-6-8-13(9-7-10)11-4-2-1-3-5-11/h10-11H,1-9,12H2/p+2. The van der Waals surface area contributed by atoms with E-state index in [1.54, 1.807) is 0 Å². The van der Waals surface area contributed by atoms with Gasteiger partial charge in [0.1, 0.15) is 0 Å². The van der Waals surface area contributed by atoms with Gasteiger partial charge in [-0.1, -0.05) is 6.42 Å². The Bertz CT molecular complexity index is 144. The number of rotatable bonds is 1. The fourth-order valence-electron chi connectivity index (χ4n) is 2.97. The molecular formula is C11H24N2+2. The third-order valence-corrected chi connectivity index (χ3v) is 3.93. The number of hydrogen-bond donors (Lipinski definition) is 2. The molecule has 0 aromatic carbocycles. The average Bonchev–Trinajstić information content (AvgIpc) is 2.20. The Labute approximate surface area is 81.5 Å². The summed E-state index contributed by atoms with van der Waals surface area (Å²) >= 11 is 0. The van der Waals surface area contributed by atoms with Crippen LogP contribution in [0.25, 0.3) is 0 Å². The average molecular weight is 184 g/mol. The van der Waals surface area contributed by atoms with Crippen LogP contribution in [-0.2, 0) is 0 Å². The molecular weight excluding hydrogens is 160 g/mol. The third-order valence-electron chi connectivity index (χ3n) is 3.93. The summed E-state index contributed by atoms with van der Waals surface area (Å²) in [4.78, 5) is 1.90. The van der Waals surface area contributed by atoms with Gasteiger partial charge in [0.05, 0.1) is 25.2 Å². The zero-order valence-corrected chi connectivity index (χ0v) is 8.73. The van der Waals surface area contributed by atoms with E-state index < -0.39 is 0 Å². The van der Waals surface area contributed by atoms with Gasteiger partial charge in [-0.25, -0.2) is 0 Å². The van der Waals surface area contributed by atoms with Gasteiger partial charge in [-0.2, -0.15) is 0 Å². The van der Waals surface area contributed by atoms with Gasteiger partial charge in [0.25, 0.3) is 0 Å². The Morgan fingerprint density at radius 3 is 2.08 bits per heavy atom. The molecule has 2 rings (SSSR count). The van der Waals surface area contributed by atoms with E-state index in [9.17, 15) is 0 Å². The van der Waals surface area contributed by atoms with Crippen molar-refractivity contribution in [3.05, 3.63) is 0 Å². The topological polar surface area (TPSA) is 32.1 Å². The predicted molar refractivity (Wildman–Crippen MR) is 53.5 cm³/mol. The molecule has 2 fully saturated rings. The van der Waals surface area contributed by atoms with Crippen molar-refractivity contribution in [2.75, 3.05) is 13.1 Å². The molecule has 2 nitrogen and oxygen atoms in total. The van der Waals surface area contributed by atoms with Crippen LogP contribution in [0.5, 0.6) is 0 Å². The lowest BCUT2D eigenvalue weighted by Crippen LogP contribution is -3.17. The number of quaternary nitrogens is 2. The molecule has 1 saturated heterocycles. The van der Waals surface area contributed by atoms with Crippen molar-refractivity contribution in [2.24, 2.45) is 0 Å². The molecule has 0 atom stereocenters. The summed E-state index contributed by atoms with van der Waals surface area (Å²) in [6, 6.07) is 1.77. The zero-order valence-electron chi connectivity index (χ0n) is 8.73. The molecule has 0 unspecified atom stereocenters. The van der Waals surface area contributed by atoms with Crippen molar-refractivity contribution in [2.45, 2.75) is 57.0 Å². The largest absolute Gasteiger partial charge is 0.355 e. The second kappa shape index (κ2) is 4.43. The van der Waals surface area contributed by atoms with Crippen LogP contribution in [0.1, 0.15) is 44.9 Å². The fourth-order valence-corrected chi connectivity index (χ4v) is 2.97. The van der Waals surface area contributed by atoms with Crippen molar-refractivity contribution in [1.29, 1.82) is 0 Å². The van der Waals surface area contributed by atoms with Crippen LogP contribution in [-0.4, -0.2) is 25.2 Å². The van der Waals surface area contributed by atoms with E-state index in [1.165, 1.54) is 58.0 Å². The first-order chi connectivity index (χ1) is 6.36. The quantitative estimate of drug-likeness (QED) is 0.556. The van der Waals surface area contributed by atoms with E-state index >= 15 is 0 Å². The molecule has 0 bridgehead atoms. The van der Waals surface area contributed by atoms with Crippen LogP contribution in [0.2, 0.25) is 0 Å². The SMILES string of the molecule is [NH3+]C1CC[NH+](C2CCCCC2)CC1. The van der Waals surface area contributed by atoms with E-state index in [4.69, 9.17) is 0 Å². The molecule has 0 spiro atoms. The minimum Gasteiger partial charge on any atom is -0.355 e. The van der Waals surface area contributed by atoms with Crippen LogP contribution in [0, 0.1) is 0 Å². The maximum atomic E-state index is 4.16. The smallest absolute Gasteiger partial charge is 0.0952 e. The van der Waals surface area contributed by atoms with Crippen molar-refractivity contribution in [3.63, 3.8) is 0 Å². The summed E-state index contributed by atoms with van der Waals surface area (Å²) in [5.41, 5.74) is 4.16. The fraction of sp³-hybridized carbons (Fsp3) is 1.00. The Balaban J connectivity index is 1.79. The molecule has 1 aliphatic carbocycles. The summed E-state index contributed by atoms with van der Waals surface area (Å²) in [7, 11) is 0. The highest BCUT2D eigenvalue weighted by Gasteiger charge is 2.29. The first-order valence-electron chi connectivity index (χ1n) is 6.04. The highest BCUT2D eigenvalue weighted by Crippen LogP contribution is 2.15. The lowest BCUT2D eigenvalue weighted by Gasteiger charge is -2.34. The molecule has 76 valence electrons. The molecule has 1 heterocycles. The molecule has 2 aliphatic rings. The molecule has 0 amide bonds. The monoisotopic (exact) mass is 184 g/mol. The van der Waals surface area contributed by atoms with Crippen LogP contribution >= 0.6 is 0 Å². The van der Waals surface area contributed by atoms with Gasteiger partial charge in [0.2, 0.25) is 0 Å². The molecule has 2 heteroatoms. The summed E-state index contributed by atoms with van der Waals surface area (Å²) in [6.45, 7) is 2.80. The first-order valence-corrected chi connectivity index (χ1v) is 6.04. The summed E-state index contributed by atoms with van der Waals surface area (Å²) in [6.07, 6.45) is 10.2. The third kappa shape index (κ3) is 2.44. The van der Waals surface area contributed by atoms with Gasteiger partial charge in [-0.3, -0.25) is 0 Å². The molecule has 13 heavy (non-hydrogen) atoms. The minimum atomic E-state index is 0.757. The van der Waals surface area contributed by atoms with Crippen LogP contribution in [0.3, 0.4) is 0 Å². The van der Waals surface area contributed by atoms with Crippen molar-refractivity contribution >= 4 is 0 Å². The maximum absolute atomic E-state index is 4.16. The van der Waals surface area contributed by atoms with Gasteiger partial charge in [-0.15, -0.1) is 0 Å². The van der Waals surface area contributed by atoms with E-state index in [0.29, 0.717) is 0 Å². The first kappa shape index (κ1) is 9.47. The van der Waals surface area contributed by atoms with E-state index in [0.717, 1.165) is 12.1 Å². The second-order valence-corrected chi connectivity index (χ2v) is 4.94. The number of hydrogen-bond acceptors (Lipinski definition) is 0. The second-order valence-electron chi connectivity index (χ2n) is 4.94. The minimum absolute atomic E-state index is 0.757. The Morgan fingerprint density at radius 1 is 0.846 bits per heavy atom. The zero-order chi connectivity index (χ0) is 9.10. The van der Waals surface area contributed by atoms with E-state index in [2.05, 4.69) is 5.73 Å². The highest BCUT2D eigenvalue weighted by molar-refractivity contribution is 4.66. The van der Waals surface area contributed by atoms with Crippen molar-refractivity contribution in [1.82, 2.24) is 0 Å². The molecule has 0 aromatic heterocycles. The van der Waals surface area contributed by atoms with Crippen molar-refractivity contribution < 1.29 is 10.6 Å². The molecule has 0 radical (unpaired) electrons. The number of nitrogens with one attached hydrogen (secondary N) is 1. The predicted octanol–water partition coefficient (Wildman–Crippen LogP) is -0.392. The van der Waals surface area contributed by atoms with E-state index in [-0.39, 0.29) is 0 Å². The number of likely N-dealkylation sites (tertiary alicyclic amines) is 1. The summed E-state index contributed by atoms with van der Waals surface area (Å²) < 4.78 is 0. The van der Waals surface area contributed by atoms with Gasteiger partial charge in [0.15, 0.2) is 0 Å². The summed E-state index contributed by atoms with van der Waals surface area (Å²) in [5, 5.41) is 0. The molecule has 1 saturated carbocycles. The van der Waals surface area contributed by atoms with Gasteiger partial charge >= 0.3 is 0 Å². The van der Waals surface area contributed by atoms with Gasteiger partial charge < -0.3 is 10.6 Å². The maximum Gasteiger partial charge on any atom is 0.0952 e. The molecule has 1 aliphatic heterocycles. The molecule has 0 aromatic rings. The lowest BCUT2D eigenvalue weighted by molar-refractivity contribution is -0.934. The van der Waals surface area contributed by atoms with Gasteiger partial charge in [-0.05, 0) is 25.7 Å². The van der Waals surface area contributed by atoms with Crippen LogP contribution in [0.15, 0.2) is 0 Å². The number of piperidine rings is 1. The highest BCUT2D eigenvalue weighted by atomic mass is 15.2. The Kier molecular flexibility index (Phi) is 3.23. The van der Waals surface area contributed by atoms with Crippen LogP contribution in [0.4, 0.5) is 0 Å². The van der Waals surface area contributed by atoms with Crippen LogP contribution < -0.4 is 10.6 Å². The van der Waals surface area contributed by atoms with Crippen molar-refractivity contribution in [3.8, 4) is 0 Å². The van der Waals surface area contributed by atoms with Gasteiger partial charge in [0, 0.05) is 12.8 Å². The lowest BCUT2D eigenvalue weighted by atomic mass is 9.92. The molecule has 4 N–H and O–H groups in total. The normalized spacial score (nSPS) is 37.6. The summed E-state index contributed by atoms with van der Waals surface area (Å²) in [5.74, 6) is 0. The Hall–Kier alpha value is -0.0800.